The summed E-state index contributed by atoms with van der Waals surface area (Å²) in [6.45, 7) is 3.54. The van der Waals surface area contributed by atoms with Crippen molar-refractivity contribution >= 4 is 29.1 Å². The van der Waals surface area contributed by atoms with Crippen molar-refractivity contribution in [3.8, 4) is 11.5 Å². The Morgan fingerprint density at radius 3 is 2.59 bits per heavy atom. The van der Waals surface area contributed by atoms with Crippen LogP contribution < -0.4 is 14.8 Å². The van der Waals surface area contributed by atoms with Gasteiger partial charge in [-0.25, -0.2) is 0 Å². The van der Waals surface area contributed by atoms with Gasteiger partial charge < -0.3 is 24.6 Å². The van der Waals surface area contributed by atoms with Gasteiger partial charge in [-0.15, -0.1) is 0 Å². The van der Waals surface area contributed by atoms with Gasteiger partial charge in [0.25, 0.3) is 0 Å². The Kier molecular flexibility index (Phi) is 7.95. The normalized spacial score (nSPS) is 18.2. The van der Waals surface area contributed by atoms with Crippen LogP contribution in [0.4, 0.5) is 5.69 Å². The van der Waals surface area contributed by atoms with E-state index in [9.17, 15) is 9.59 Å². The number of anilines is 1. The van der Waals surface area contributed by atoms with Gasteiger partial charge in [0.05, 0.1) is 20.1 Å². The third-order valence-electron chi connectivity index (χ3n) is 6.65. The first-order chi connectivity index (χ1) is 16.5. The molecule has 1 atom stereocenters. The number of benzene rings is 2. The van der Waals surface area contributed by atoms with Gasteiger partial charge in [0.2, 0.25) is 11.8 Å². The van der Waals surface area contributed by atoms with Gasteiger partial charge in [0.1, 0.15) is 0 Å². The predicted octanol–water partition coefficient (Wildman–Crippen LogP) is 3.98. The summed E-state index contributed by atoms with van der Waals surface area (Å²) in [4.78, 5) is 29.9. The number of likely N-dealkylation sites (tertiary alicyclic amines) is 1. The lowest BCUT2D eigenvalue weighted by atomic mass is 9.93. The maximum Gasteiger partial charge on any atom is 0.227 e. The summed E-state index contributed by atoms with van der Waals surface area (Å²) in [5.41, 5.74) is 3.02. The number of carbonyl (C=O) groups excluding carboxylic acids is 2. The van der Waals surface area contributed by atoms with Crippen LogP contribution in [0.1, 0.15) is 30.4 Å². The summed E-state index contributed by atoms with van der Waals surface area (Å²) in [6, 6.07) is 11.1. The molecule has 2 aliphatic heterocycles. The average Bonchev–Trinajstić information content (AvgIpc) is 2.86. The molecule has 0 spiro atoms. The van der Waals surface area contributed by atoms with Crippen LogP contribution in [0.2, 0.25) is 5.02 Å². The van der Waals surface area contributed by atoms with Gasteiger partial charge in [-0.1, -0.05) is 17.7 Å². The van der Waals surface area contributed by atoms with Crippen molar-refractivity contribution < 1.29 is 19.1 Å². The number of halogens is 1. The minimum atomic E-state index is -0.0484. The number of hydrogen-bond acceptors (Lipinski definition) is 5. The van der Waals surface area contributed by atoms with Gasteiger partial charge in [-0.05, 0) is 67.3 Å². The second-order valence-corrected chi connectivity index (χ2v) is 9.37. The number of fused-ring (bicyclic) bond motifs is 1. The second kappa shape index (κ2) is 11.1. The summed E-state index contributed by atoms with van der Waals surface area (Å²) in [6.07, 6.45) is 3.04. The fourth-order valence-corrected chi connectivity index (χ4v) is 5.03. The minimum Gasteiger partial charge on any atom is -0.493 e. The van der Waals surface area contributed by atoms with E-state index in [2.05, 4.69) is 10.2 Å². The highest BCUT2D eigenvalue weighted by atomic mass is 35.5. The van der Waals surface area contributed by atoms with E-state index in [1.807, 2.05) is 29.2 Å². The Bertz CT molecular complexity index is 1040. The van der Waals surface area contributed by atoms with E-state index in [-0.39, 0.29) is 17.7 Å². The third kappa shape index (κ3) is 5.83. The van der Waals surface area contributed by atoms with Crippen molar-refractivity contribution in [3.05, 3.63) is 52.5 Å². The summed E-state index contributed by atoms with van der Waals surface area (Å²) in [7, 11) is 3.26. The molecule has 0 aliphatic carbocycles. The van der Waals surface area contributed by atoms with Crippen LogP contribution in [0.15, 0.2) is 36.4 Å². The molecule has 0 saturated carbocycles. The average molecular weight is 486 g/mol. The number of ether oxygens (including phenoxy) is 2. The first-order valence-corrected chi connectivity index (χ1v) is 12.1. The minimum absolute atomic E-state index is 0.0357. The summed E-state index contributed by atoms with van der Waals surface area (Å²) < 4.78 is 10.9. The second-order valence-electron chi connectivity index (χ2n) is 8.93. The first-order valence-electron chi connectivity index (χ1n) is 11.8. The molecule has 0 radical (unpaired) electrons. The fraction of sp³-hybridized carbons (Fsp3) is 0.462. The van der Waals surface area contributed by atoms with Crippen molar-refractivity contribution in [2.24, 2.45) is 5.92 Å². The molecule has 4 rings (SSSR count). The molecule has 2 amide bonds. The Morgan fingerprint density at radius 1 is 1.09 bits per heavy atom. The van der Waals surface area contributed by atoms with Crippen LogP contribution in [0.5, 0.6) is 11.5 Å². The van der Waals surface area contributed by atoms with E-state index in [0.29, 0.717) is 49.1 Å². The summed E-state index contributed by atoms with van der Waals surface area (Å²) in [5.74, 6) is 1.53. The van der Waals surface area contributed by atoms with Crippen molar-refractivity contribution in [2.45, 2.75) is 32.2 Å². The molecule has 182 valence electrons. The fourth-order valence-electron chi connectivity index (χ4n) is 4.84. The topological polar surface area (TPSA) is 71.1 Å². The summed E-state index contributed by atoms with van der Waals surface area (Å²) >= 11 is 5.99. The quantitative estimate of drug-likeness (QED) is 0.642. The number of hydrogen-bond donors (Lipinski definition) is 1. The van der Waals surface area contributed by atoms with Crippen molar-refractivity contribution in [1.29, 1.82) is 0 Å². The van der Waals surface area contributed by atoms with E-state index in [0.717, 1.165) is 37.1 Å². The lowest BCUT2D eigenvalue weighted by Gasteiger charge is -2.36. The molecule has 0 aromatic heterocycles. The zero-order chi connectivity index (χ0) is 24.1. The van der Waals surface area contributed by atoms with Crippen LogP contribution in [-0.2, 0) is 22.6 Å². The van der Waals surface area contributed by atoms with Gasteiger partial charge in [0, 0.05) is 43.3 Å². The Morgan fingerprint density at radius 2 is 1.85 bits per heavy atom. The van der Waals surface area contributed by atoms with Crippen LogP contribution in [0.25, 0.3) is 0 Å². The van der Waals surface area contributed by atoms with Gasteiger partial charge >= 0.3 is 0 Å². The van der Waals surface area contributed by atoms with Gasteiger partial charge in [-0.3, -0.25) is 9.59 Å². The van der Waals surface area contributed by atoms with E-state index in [1.54, 1.807) is 26.4 Å². The Hall–Kier alpha value is -2.77. The maximum atomic E-state index is 13.3. The van der Waals surface area contributed by atoms with Crippen molar-refractivity contribution in [1.82, 2.24) is 9.80 Å². The molecule has 1 N–H and O–H groups in total. The highest BCUT2D eigenvalue weighted by Gasteiger charge is 2.31. The van der Waals surface area contributed by atoms with E-state index in [4.69, 9.17) is 21.1 Å². The van der Waals surface area contributed by atoms with E-state index in [1.165, 1.54) is 5.56 Å². The molecule has 0 bridgehead atoms. The van der Waals surface area contributed by atoms with E-state index >= 15 is 0 Å². The van der Waals surface area contributed by atoms with Crippen LogP contribution >= 0.6 is 11.6 Å². The first kappa shape index (κ1) is 24.4. The number of amides is 2. The standard InChI is InChI=1S/C26H32ClN3O4/c1-33-23-13-18-8-12-30(17-20(18)14-24(23)34-2)26(32)19-5-4-10-29(16-19)11-9-25(31)28-22-7-3-6-21(27)15-22/h3,6-7,13-15,19H,4-5,8-12,16-17H2,1-2H3,(H,28,31). The zero-order valence-electron chi connectivity index (χ0n) is 19.8. The molecule has 2 aromatic carbocycles. The molecule has 7 nitrogen and oxygen atoms in total. The van der Waals surface area contributed by atoms with E-state index < -0.39 is 0 Å². The zero-order valence-corrected chi connectivity index (χ0v) is 20.6. The molecule has 2 aromatic rings. The number of rotatable bonds is 7. The smallest absolute Gasteiger partial charge is 0.227 e. The molecular formula is C26H32ClN3O4. The lowest BCUT2D eigenvalue weighted by molar-refractivity contribution is -0.138. The molecule has 8 heteroatoms. The molecule has 1 saturated heterocycles. The largest absolute Gasteiger partial charge is 0.493 e. The molecule has 1 unspecified atom stereocenters. The van der Waals surface area contributed by atoms with Crippen LogP contribution in [-0.4, -0.2) is 62.0 Å². The molecular weight excluding hydrogens is 454 g/mol. The number of carbonyl (C=O) groups is 2. The molecule has 1 fully saturated rings. The highest BCUT2D eigenvalue weighted by molar-refractivity contribution is 6.30. The number of piperidine rings is 1. The number of nitrogens with zero attached hydrogens (tertiary/aromatic N) is 2. The molecule has 2 heterocycles. The Balaban J connectivity index is 1.31. The highest BCUT2D eigenvalue weighted by Crippen LogP contribution is 2.34. The monoisotopic (exact) mass is 485 g/mol. The van der Waals surface area contributed by atoms with Crippen molar-refractivity contribution in [2.75, 3.05) is 45.7 Å². The third-order valence-corrected chi connectivity index (χ3v) is 6.88. The number of nitrogens with one attached hydrogen (secondary N) is 1. The SMILES string of the molecule is COc1cc2c(cc1OC)CN(C(=O)C1CCCN(CCC(=O)Nc3cccc(Cl)c3)C1)CC2. The molecule has 34 heavy (non-hydrogen) atoms. The van der Waals surface area contributed by atoms with Crippen LogP contribution in [0.3, 0.4) is 0 Å². The number of methoxy groups -OCH3 is 2. The predicted molar refractivity (Wildman–Crippen MR) is 133 cm³/mol. The lowest BCUT2D eigenvalue weighted by Crippen LogP contribution is -2.46. The molecule has 2 aliphatic rings. The van der Waals surface area contributed by atoms with Gasteiger partial charge in [-0.2, -0.15) is 0 Å². The van der Waals surface area contributed by atoms with Crippen LogP contribution in [0, 0.1) is 5.92 Å². The Labute approximate surface area is 206 Å². The summed E-state index contributed by atoms with van der Waals surface area (Å²) in [5, 5.41) is 3.48. The van der Waals surface area contributed by atoms with Gasteiger partial charge in [0.15, 0.2) is 11.5 Å². The van der Waals surface area contributed by atoms with Crippen molar-refractivity contribution in [3.63, 3.8) is 0 Å². The maximum absolute atomic E-state index is 13.3.